The first-order valence-corrected chi connectivity index (χ1v) is 11.7. The fourth-order valence-corrected chi connectivity index (χ4v) is 5.10. The summed E-state index contributed by atoms with van der Waals surface area (Å²) in [7, 11) is 0. The molecule has 5 rings (SSSR count). The molecule has 0 unspecified atom stereocenters. The summed E-state index contributed by atoms with van der Waals surface area (Å²) in [6, 6.07) is 8.36. The molecule has 3 aromatic heterocycles. The summed E-state index contributed by atoms with van der Waals surface area (Å²) in [6.45, 7) is 0.794. The van der Waals surface area contributed by atoms with E-state index in [9.17, 15) is 4.79 Å². The van der Waals surface area contributed by atoms with Crippen LogP contribution in [0.25, 0.3) is 10.9 Å². The number of rotatable bonds is 7. The van der Waals surface area contributed by atoms with Gasteiger partial charge in [0.05, 0.1) is 6.04 Å². The van der Waals surface area contributed by atoms with Crippen LogP contribution in [-0.4, -0.2) is 37.5 Å². The molecule has 4 heterocycles. The number of aryl methyl sites for hydroxylation is 3. The predicted octanol–water partition coefficient (Wildman–Crippen LogP) is 4.48. The van der Waals surface area contributed by atoms with Gasteiger partial charge in [0.1, 0.15) is 5.01 Å². The van der Waals surface area contributed by atoms with Crippen molar-refractivity contribution in [3.05, 3.63) is 64.4 Å². The topological polar surface area (TPSA) is 87.9 Å². The number of fused-ring (bicyclic) bond motifs is 1. The molecule has 1 aliphatic heterocycles. The summed E-state index contributed by atoms with van der Waals surface area (Å²) in [5.41, 5.74) is 2.37. The minimum Gasteiger partial charge on any atom is -0.425 e. The Balaban J connectivity index is 1.16. The summed E-state index contributed by atoms with van der Waals surface area (Å²) < 4.78 is 5.82. The number of amides is 1. The Hall–Kier alpha value is -3.00. The maximum Gasteiger partial charge on any atom is 0.223 e. The second-order valence-electron chi connectivity index (χ2n) is 7.92. The van der Waals surface area contributed by atoms with E-state index in [1.807, 2.05) is 34.8 Å². The lowest BCUT2D eigenvalue weighted by Gasteiger charge is -2.34. The number of para-hydroxylation sites is 1. The highest BCUT2D eigenvalue weighted by Gasteiger charge is 2.29. The van der Waals surface area contributed by atoms with Crippen LogP contribution in [0.2, 0.25) is 0 Å². The van der Waals surface area contributed by atoms with E-state index in [0.717, 1.165) is 42.8 Å². The second kappa shape index (κ2) is 9.01. The van der Waals surface area contributed by atoms with E-state index in [1.165, 1.54) is 10.9 Å². The van der Waals surface area contributed by atoms with Gasteiger partial charge in [-0.15, -0.1) is 21.5 Å². The van der Waals surface area contributed by atoms with Gasteiger partial charge in [0.2, 0.25) is 17.7 Å². The van der Waals surface area contributed by atoms with Crippen LogP contribution in [0.5, 0.6) is 0 Å². The number of likely N-dealkylation sites (tertiary alicyclic amines) is 1. The van der Waals surface area contributed by atoms with E-state index < -0.39 is 0 Å². The fraction of sp³-hybridized carbons (Fsp3) is 0.391. The van der Waals surface area contributed by atoms with Crippen LogP contribution >= 0.6 is 11.3 Å². The van der Waals surface area contributed by atoms with E-state index in [0.29, 0.717) is 31.0 Å². The number of nitrogens with zero attached hydrogens (tertiary/aromatic N) is 4. The number of carbonyl (C=O) groups is 1. The van der Waals surface area contributed by atoms with Gasteiger partial charge in [-0.25, -0.2) is 4.98 Å². The van der Waals surface area contributed by atoms with Gasteiger partial charge in [0.15, 0.2) is 0 Å². The fourth-order valence-electron chi connectivity index (χ4n) is 4.31. The Morgan fingerprint density at radius 1 is 1.16 bits per heavy atom. The van der Waals surface area contributed by atoms with E-state index in [1.54, 1.807) is 11.3 Å². The summed E-state index contributed by atoms with van der Waals surface area (Å²) in [6.07, 6.45) is 9.38. The van der Waals surface area contributed by atoms with Crippen molar-refractivity contribution in [3.8, 4) is 0 Å². The summed E-state index contributed by atoms with van der Waals surface area (Å²) in [5, 5.41) is 12.6. The normalized spacial score (nSPS) is 16.8. The number of benzene rings is 1. The molecule has 0 bridgehead atoms. The Morgan fingerprint density at radius 2 is 2.03 bits per heavy atom. The first kappa shape index (κ1) is 19.9. The van der Waals surface area contributed by atoms with Crippen LogP contribution in [-0.2, 0) is 24.1 Å². The average Bonchev–Trinajstić information content (AvgIpc) is 3.57. The van der Waals surface area contributed by atoms with Crippen molar-refractivity contribution in [1.82, 2.24) is 25.1 Å². The maximum absolute atomic E-state index is 12.9. The third-order valence-electron chi connectivity index (χ3n) is 5.90. The number of H-pyrrole nitrogens is 1. The van der Waals surface area contributed by atoms with Crippen molar-refractivity contribution in [2.24, 2.45) is 0 Å². The van der Waals surface area contributed by atoms with Gasteiger partial charge in [-0.1, -0.05) is 18.2 Å². The van der Waals surface area contributed by atoms with Crippen molar-refractivity contribution >= 4 is 28.1 Å². The third kappa shape index (κ3) is 4.39. The molecule has 4 aromatic rings. The van der Waals surface area contributed by atoms with Gasteiger partial charge >= 0.3 is 0 Å². The number of aromatic amines is 1. The number of carbonyl (C=O) groups excluding carboxylic acids is 1. The molecule has 8 heteroatoms. The second-order valence-corrected chi connectivity index (χ2v) is 8.84. The lowest BCUT2D eigenvalue weighted by Crippen LogP contribution is -2.38. The predicted molar refractivity (Wildman–Crippen MR) is 119 cm³/mol. The van der Waals surface area contributed by atoms with Crippen LogP contribution in [0, 0.1) is 0 Å². The van der Waals surface area contributed by atoms with Crippen LogP contribution in [0.1, 0.15) is 54.1 Å². The minimum absolute atomic E-state index is 0.107. The quantitative estimate of drug-likeness (QED) is 0.462. The molecule has 1 amide bonds. The number of aromatic nitrogens is 4. The molecule has 1 saturated heterocycles. The number of hydrogen-bond acceptors (Lipinski definition) is 6. The van der Waals surface area contributed by atoms with Gasteiger partial charge in [0.25, 0.3) is 0 Å². The van der Waals surface area contributed by atoms with Crippen LogP contribution in [0.4, 0.5) is 0 Å². The number of nitrogens with one attached hydrogen (secondary N) is 1. The number of piperidine rings is 1. The largest absolute Gasteiger partial charge is 0.425 e. The Kier molecular flexibility index (Phi) is 5.80. The smallest absolute Gasteiger partial charge is 0.223 e. The van der Waals surface area contributed by atoms with Gasteiger partial charge in [-0.2, -0.15) is 0 Å². The Bertz CT molecular complexity index is 1150. The maximum atomic E-state index is 12.9. The highest BCUT2D eigenvalue weighted by Crippen LogP contribution is 2.32. The van der Waals surface area contributed by atoms with Gasteiger partial charge in [-0.05, 0) is 37.3 Å². The van der Waals surface area contributed by atoms with Crippen molar-refractivity contribution in [3.63, 3.8) is 0 Å². The zero-order chi connectivity index (χ0) is 21.0. The Morgan fingerprint density at radius 3 is 2.90 bits per heavy atom. The molecule has 0 aliphatic carbocycles. The van der Waals surface area contributed by atoms with Gasteiger partial charge < -0.3 is 14.3 Å². The molecule has 31 heavy (non-hydrogen) atoms. The molecule has 7 nitrogen and oxygen atoms in total. The van der Waals surface area contributed by atoms with Crippen molar-refractivity contribution in [2.45, 2.75) is 51.0 Å². The molecule has 0 spiro atoms. The molecule has 1 aliphatic rings. The standard InChI is InChI=1S/C23H25N5O2S/c29-22(28-13-4-3-7-19(28)23-24-12-14-31-23)11-10-21-27-26-20(30-21)9-8-16-15-25-18-6-2-1-5-17(16)18/h1-2,5-6,12,14-15,19,25H,3-4,7-11,13H2/t19-/m1/s1. The Labute approximate surface area is 184 Å². The highest BCUT2D eigenvalue weighted by atomic mass is 32.1. The van der Waals surface area contributed by atoms with Crippen LogP contribution in [0.15, 0.2) is 46.5 Å². The summed E-state index contributed by atoms with van der Waals surface area (Å²) in [5.74, 6) is 1.29. The van der Waals surface area contributed by atoms with Crippen molar-refractivity contribution in [1.29, 1.82) is 0 Å². The SMILES string of the molecule is O=C(CCc1nnc(CCc2c[nH]c3ccccc23)o1)N1CCCC[C@@H]1c1nccs1. The molecule has 1 N–H and O–H groups in total. The van der Waals surface area contributed by atoms with E-state index in [2.05, 4.69) is 32.3 Å². The summed E-state index contributed by atoms with van der Waals surface area (Å²) >= 11 is 1.63. The third-order valence-corrected chi connectivity index (χ3v) is 6.78. The van der Waals surface area contributed by atoms with Crippen LogP contribution in [0.3, 0.4) is 0 Å². The molecular weight excluding hydrogens is 410 g/mol. The van der Waals surface area contributed by atoms with E-state index in [4.69, 9.17) is 4.42 Å². The highest BCUT2D eigenvalue weighted by molar-refractivity contribution is 7.09. The number of thiazole rings is 1. The molecule has 1 fully saturated rings. The first-order chi connectivity index (χ1) is 15.3. The molecule has 0 radical (unpaired) electrons. The van der Waals surface area contributed by atoms with Gasteiger partial charge in [0, 0.05) is 54.5 Å². The lowest BCUT2D eigenvalue weighted by molar-refractivity contribution is -0.135. The van der Waals surface area contributed by atoms with Crippen molar-refractivity contribution < 1.29 is 9.21 Å². The van der Waals surface area contributed by atoms with E-state index >= 15 is 0 Å². The van der Waals surface area contributed by atoms with Crippen molar-refractivity contribution in [2.75, 3.05) is 6.54 Å². The number of hydrogen-bond donors (Lipinski definition) is 1. The summed E-state index contributed by atoms with van der Waals surface area (Å²) in [4.78, 5) is 22.6. The average molecular weight is 436 g/mol. The molecule has 1 atom stereocenters. The molecule has 160 valence electrons. The van der Waals surface area contributed by atoms with Crippen LogP contribution < -0.4 is 0 Å². The molecule has 1 aromatic carbocycles. The van der Waals surface area contributed by atoms with Gasteiger partial charge in [-0.3, -0.25) is 4.79 Å². The molecule has 0 saturated carbocycles. The first-order valence-electron chi connectivity index (χ1n) is 10.8. The zero-order valence-corrected chi connectivity index (χ0v) is 18.1. The lowest BCUT2D eigenvalue weighted by atomic mass is 10.0. The molecular formula is C23H25N5O2S. The zero-order valence-electron chi connectivity index (χ0n) is 17.3. The minimum atomic E-state index is 0.107. The monoisotopic (exact) mass is 435 g/mol. The van der Waals surface area contributed by atoms with E-state index in [-0.39, 0.29) is 11.9 Å².